The van der Waals surface area contributed by atoms with E-state index in [-0.39, 0.29) is 35.5 Å². The number of nitrogens with zero attached hydrogens (tertiary/aromatic N) is 2. The van der Waals surface area contributed by atoms with Crippen LogP contribution in [0.2, 0.25) is 23.2 Å². The molecule has 2 N–H and O–H groups in total. The zero-order valence-electron chi connectivity index (χ0n) is 56.4. The molecule has 1 unspecified atom stereocenters. The van der Waals surface area contributed by atoms with Gasteiger partial charge in [-0.2, -0.15) is 0 Å². The molecule has 97 heavy (non-hydrogen) atoms. The zero-order valence-corrected chi connectivity index (χ0v) is 58.4. The van der Waals surface area contributed by atoms with E-state index in [1.54, 1.807) is 12.1 Å². The highest BCUT2D eigenvalue weighted by atomic mass is 28.4. The van der Waals surface area contributed by atoms with Crippen LogP contribution >= 0.6 is 0 Å². The van der Waals surface area contributed by atoms with E-state index in [1.165, 1.54) is 48.6 Å². The maximum absolute atomic E-state index is 15.5. The van der Waals surface area contributed by atoms with Crippen LogP contribution in [-0.2, 0) is 84.9 Å². The van der Waals surface area contributed by atoms with E-state index in [1.807, 2.05) is 115 Å². The molecule has 15 atom stereocenters. The molecule has 0 bridgehead atoms. The maximum atomic E-state index is 15.5. The van der Waals surface area contributed by atoms with Crippen molar-refractivity contribution >= 4 is 80.4 Å². The van der Waals surface area contributed by atoms with Gasteiger partial charge in [-0.05, 0) is 57.8 Å². The van der Waals surface area contributed by atoms with Crippen LogP contribution in [0.4, 0.5) is 0 Å². The predicted octanol–water partition coefficient (Wildman–Crippen LogP) is 5.85. The summed E-state index contributed by atoms with van der Waals surface area (Å²) in [5.74, 6) is -8.47. The third-order valence-corrected chi connectivity index (χ3v) is 27.6. The largest absolute Gasteiger partial charge is 0.463 e. The van der Waals surface area contributed by atoms with E-state index >= 15 is 19.2 Å². The van der Waals surface area contributed by atoms with Crippen LogP contribution in [0.5, 0.6) is 0 Å². The van der Waals surface area contributed by atoms with Gasteiger partial charge in [0.2, 0.25) is 5.91 Å². The van der Waals surface area contributed by atoms with Crippen molar-refractivity contribution in [3.8, 4) is 0 Å². The maximum Gasteiger partial charge on any atom is 0.303 e. The molecule has 5 amide bonds. The van der Waals surface area contributed by atoms with Crippen LogP contribution in [-0.4, -0.2) is 198 Å². The minimum absolute atomic E-state index is 0.0722. The molecule has 0 spiro atoms. The molecule has 27 heteroatoms. The van der Waals surface area contributed by atoms with Crippen molar-refractivity contribution in [1.29, 1.82) is 0 Å². The molecule has 0 aliphatic carbocycles. The summed E-state index contributed by atoms with van der Waals surface area (Å²) in [7, 11) is -6.83. The molecule has 520 valence electrons. The average Bonchev–Trinajstić information content (AvgIpc) is 1.72. The molecule has 5 aliphatic rings. The van der Waals surface area contributed by atoms with Gasteiger partial charge in [-0.3, -0.25) is 53.0 Å². The van der Waals surface area contributed by atoms with Crippen LogP contribution in [0.15, 0.2) is 135 Å². The monoisotopic (exact) mass is 1380 g/mol. The van der Waals surface area contributed by atoms with Gasteiger partial charge in [0.25, 0.3) is 31.9 Å². The normalized spacial score (nSPS) is 27.0. The first-order valence-corrected chi connectivity index (χ1v) is 36.7. The van der Waals surface area contributed by atoms with Crippen LogP contribution in [0, 0.1) is 0 Å². The zero-order chi connectivity index (χ0) is 70.6. The SMILES string of the molecule is C=CCO[C@H]1OC([C@H](OCC=C)C(N)=O)[C@H](O[Si](C)(C)C(C)(C)C)[C@H]1O[C@@H]1O[C@H](CO[Si](c2ccccc2)(c2ccccc2)C(C)(C)C)[C@@H](O[C@@H]2O[C@H](COC(C)=O)[C@@H](OC(C)=O)[C@H](OC(C)=O)[C@H]2N2C(=O)c3ccccc3C2=O)[C@H](OC(C)=O)[C@H]1N1C(=O)c2ccccc2C1=O. The van der Waals surface area contributed by atoms with E-state index in [0.717, 1.165) is 47.9 Å². The van der Waals surface area contributed by atoms with Gasteiger partial charge >= 0.3 is 23.9 Å². The van der Waals surface area contributed by atoms with Gasteiger partial charge in [0, 0.05) is 27.7 Å². The van der Waals surface area contributed by atoms with Crippen molar-refractivity contribution < 1.29 is 104 Å². The van der Waals surface area contributed by atoms with Crippen LogP contribution < -0.4 is 16.1 Å². The van der Waals surface area contributed by atoms with Crippen LogP contribution in [0.1, 0.15) is 111 Å². The number of carbonyl (C=O) groups excluding carboxylic acids is 9. The first kappa shape index (κ1) is 73.3. The second kappa shape index (κ2) is 30.0. The van der Waals surface area contributed by atoms with Crippen molar-refractivity contribution in [3.05, 3.63) is 157 Å². The van der Waals surface area contributed by atoms with Gasteiger partial charge in [0.15, 0.2) is 51.6 Å². The first-order chi connectivity index (χ1) is 45.9. The van der Waals surface area contributed by atoms with Crippen molar-refractivity contribution in [2.24, 2.45) is 5.73 Å². The molecule has 3 fully saturated rings. The number of hydrogen-bond acceptors (Lipinski definition) is 22. The Hall–Kier alpha value is -7.94. The Morgan fingerprint density at radius 1 is 0.526 bits per heavy atom. The second-order valence-corrected chi connectivity index (χ2v) is 35.8. The fraction of sp³-hybridized carbons (Fsp3) is 0.471. The first-order valence-electron chi connectivity index (χ1n) is 31.9. The molecule has 0 radical (unpaired) electrons. The molecule has 25 nitrogen and oxygen atoms in total. The summed E-state index contributed by atoms with van der Waals surface area (Å²) in [4.78, 5) is 130. The summed E-state index contributed by atoms with van der Waals surface area (Å²) in [5.41, 5.74) is 5.83. The molecule has 3 saturated heterocycles. The number of primary amides is 1. The minimum Gasteiger partial charge on any atom is -0.463 e. The highest BCUT2D eigenvalue weighted by Crippen LogP contribution is 2.46. The van der Waals surface area contributed by atoms with Gasteiger partial charge in [0.05, 0.1) is 42.1 Å². The van der Waals surface area contributed by atoms with Crippen molar-refractivity contribution in [2.75, 3.05) is 26.4 Å². The van der Waals surface area contributed by atoms with Gasteiger partial charge in [0.1, 0.15) is 55.3 Å². The number of esters is 4. The lowest BCUT2D eigenvalue weighted by molar-refractivity contribution is -0.350. The Labute approximate surface area is 565 Å². The lowest BCUT2D eigenvalue weighted by Gasteiger charge is -2.52. The van der Waals surface area contributed by atoms with Crippen molar-refractivity contribution in [2.45, 2.75) is 184 Å². The predicted molar refractivity (Wildman–Crippen MR) is 351 cm³/mol. The van der Waals surface area contributed by atoms with Gasteiger partial charge < -0.3 is 66.7 Å². The van der Waals surface area contributed by atoms with Crippen LogP contribution in [0.3, 0.4) is 0 Å². The Balaban J connectivity index is 1.33. The van der Waals surface area contributed by atoms with E-state index in [4.69, 9.17) is 66.7 Å². The Morgan fingerprint density at radius 3 is 1.34 bits per heavy atom. The molecule has 5 heterocycles. The highest BCUT2D eigenvalue weighted by molar-refractivity contribution is 6.99. The van der Waals surface area contributed by atoms with Gasteiger partial charge in [-0.1, -0.05) is 139 Å². The molecule has 5 aliphatic heterocycles. The van der Waals surface area contributed by atoms with E-state index in [0.29, 0.717) is 0 Å². The number of fused-ring (bicyclic) bond motifs is 2. The quantitative estimate of drug-likeness (QED) is 0.0253. The molecule has 0 saturated carbocycles. The smallest absolute Gasteiger partial charge is 0.303 e. The van der Waals surface area contributed by atoms with Crippen LogP contribution in [0.25, 0.3) is 0 Å². The van der Waals surface area contributed by atoms with Crippen molar-refractivity contribution in [1.82, 2.24) is 9.80 Å². The summed E-state index contributed by atoms with van der Waals surface area (Å²) < 4.78 is 86.9. The topological polar surface area (TPSA) is 306 Å². The lowest BCUT2D eigenvalue weighted by Crippen LogP contribution is -2.72. The number of amides is 5. The molecular weight excluding hydrogens is 1290 g/mol. The summed E-state index contributed by atoms with van der Waals surface area (Å²) in [5, 5.41) is 0.279. The van der Waals surface area contributed by atoms with Crippen molar-refractivity contribution in [3.63, 3.8) is 0 Å². The Kier molecular flexibility index (Phi) is 22.7. The Morgan fingerprint density at radius 2 is 0.938 bits per heavy atom. The molecule has 0 aromatic heterocycles. The summed E-state index contributed by atoms with van der Waals surface area (Å²) in [6, 6.07) is 26.8. The number of imide groups is 2. The highest BCUT2D eigenvalue weighted by Gasteiger charge is 2.65. The average molecular weight is 1380 g/mol. The number of hydrogen-bond donors (Lipinski definition) is 1. The Bertz CT molecular complexity index is 3510. The fourth-order valence-electron chi connectivity index (χ4n) is 12.9. The molecular formula is C70H85N3O22Si2. The molecule has 4 aromatic carbocycles. The fourth-order valence-corrected chi connectivity index (χ4v) is 18.8. The number of nitrogens with two attached hydrogens (primary N) is 1. The van der Waals surface area contributed by atoms with E-state index in [9.17, 15) is 24.0 Å². The molecule has 4 aromatic rings. The van der Waals surface area contributed by atoms with Gasteiger partial charge in [-0.15, -0.1) is 13.2 Å². The van der Waals surface area contributed by atoms with Gasteiger partial charge in [-0.25, -0.2) is 0 Å². The van der Waals surface area contributed by atoms with E-state index < -0.39 is 185 Å². The lowest BCUT2D eigenvalue weighted by atomic mass is 9.92. The summed E-state index contributed by atoms with van der Waals surface area (Å²) >= 11 is 0. The molecule has 9 rings (SSSR count). The number of rotatable bonds is 26. The summed E-state index contributed by atoms with van der Waals surface area (Å²) in [6.07, 6.45) is -19.7. The number of ether oxygens (including phenoxy) is 11. The summed E-state index contributed by atoms with van der Waals surface area (Å²) in [6.45, 7) is 26.1. The van der Waals surface area contributed by atoms with E-state index in [2.05, 4.69) is 13.2 Å². The second-order valence-electron chi connectivity index (χ2n) is 26.7. The number of benzene rings is 4. The standard InChI is InChI=1S/C70H85N3O22Si2/c1-15-35-83-59(61(71)78)57-58(95-96(13,14)69(7,8)9)60(68(93-57)84-36-16-2)94-67-52(73-64(81)47-33-25-26-34-48(47)65(73)82)56(89-42(6)77)54(50(91-67)38-86-97(70(10,11)12,43-27-19-17-20-28-43)44-29-21-18-22-30-44)92-66-51(72-62(79)45-31-23-24-32-46(45)63(72)80)55(88-41(5)76)53(87-40(4)75)49(90-66)37-85-39(3)74/h15-34,49-60,66-68H,1-2,35-38H2,3-14H3,(H2,71,78)/t49-,50-,51-,52-,53-,54-,55-,56-,57?,58+,59+,60-,66+,67+,68+/m1/s1. The third kappa shape index (κ3) is 15.1. The minimum atomic E-state index is -3.75. The third-order valence-electron chi connectivity index (χ3n) is 18.1. The number of carbonyl (C=O) groups is 9.